The standard InChI is InChI=1S/C27H25BIN5O5S/c1-14-22-21(23(31(2)24(14)36)34(27(39)40-3)20-10-7-15(29)11-19(20)28)25(37)33(17-8-9-17)26(38)32(22)18-6-4-5-16(12-18)30-13-35/h4-7,10-13,17H,8-9,28H2,1-3H3,(H,30,35). The maximum atomic E-state index is 14.2. The second-order valence-corrected chi connectivity index (χ2v) is 11.6. The van der Waals surface area contributed by atoms with Crippen molar-refractivity contribution in [2.75, 3.05) is 16.5 Å². The fraction of sp³-hybridized carbons (Fsp3) is 0.222. The van der Waals surface area contributed by atoms with E-state index in [1.807, 2.05) is 20.0 Å². The van der Waals surface area contributed by atoms with Crippen LogP contribution in [0.1, 0.15) is 24.4 Å². The van der Waals surface area contributed by atoms with Crippen LogP contribution in [0.5, 0.6) is 0 Å². The molecule has 0 spiro atoms. The van der Waals surface area contributed by atoms with Crippen LogP contribution in [0.3, 0.4) is 0 Å². The van der Waals surface area contributed by atoms with Crippen LogP contribution >= 0.6 is 34.4 Å². The molecule has 0 bridgehead atoms. The number of thioether (sulfide) groups is 1. The van der Waals surface area contributed by atoms with Gasteiger partial charge in [0.1, 0.15) is 19.1 Å². The highest BCUT2D eigenvalue weighted by Gasteiger charge is 2.34. The summed E-state index contributed by atoms with van der Waals surface area (Å²) in [6.45, 7) is 1.57. The Bertz CT molecular complexity index is 1900. The number of rotatable bonds is 6. The van der Waals surface area contributed by atoms with E-state index in [1.54, 1.807) is 43.5 Å². The Kier molecular flexibility index (Phi) is 7.53. The number of fused-ring (bicyclic) bond motifs is 1. The van der Waals surface area contributed by atoms with Crippen LogP contribution in [0.2, 0.25) is 0 Å². The van der Waals surface area contributed by atoms with E-state index in [2.05, 4.69) is 27.9 Å². The van der Waals surface area contributed by atoms with Crippen molar-refractivity contribution in [2.45, 2.75) is 25.8 Å². The smallest absolute Gasteiger partial charge is 0.329 e. The molecule has 5 rings (SSSR count). The first kappa shape index (κ1) is 28.0. The minimum atomic E-state index is -0.584. The van der Waals surface area contributed by atoms with Gasteiger partial charge in [-0.2, -0.15) is 0 Å². The summed E-state index contributed by atoms with van der Waals surface area (Å²) >= 11 is 3.14. The van der Waals surface area contributed by atoms with Gasteiger partial charge in [0.25, 0.3) is 16.4 Å². The number of hydrogen-bond donors (Lipinski definition) is 1. The van der Waals surface area contributed by atoms with E-state index in [0.717, 1.165) is 20.8 Å². The molecule has 1 fully saturated rings. The summed E-state index contributed by atoms with van der Waals surface area (Å²) in [5.41, 5.74) is 0.808. The average molecular weight is 669 g/mol. The number of carbonyl (C=O) groups is 2. The maximum absolute atomic E-state index is 14.2. The molecule has 10 nitrogen and oxygen atoms in total. The molecule has 13 heteroatoms. The number of benzene rings is 2. The maximum Gasteiger partial charge on any atom is 0.336 e. The fourth-order valence-electron chi connectivity index (χ4n) is 5.02. The fourth-order valence-corrected chi connectivity index (χ4v) is 6.03. The van der Waals surface area contributed by atoms with Gasteiger partial charge in [0.05, 0.1) is 11.2 Å². The molecule has 0 atom stereocenters. The van der Waals surface area contributed by atoms with Gasteiger partial charge in [-0.15, -0.1) is 0 Å². The van der Waals surface area contributed by atoms with Crippen molar-refractivity contribution in [3.8, 4) is 5.69 Å². The lowest BCUT2D eigenvalue weighted by Gasteiger charge is -2.28. The molecule has 1 aliphatic carbocycles. The van der Waals surface area contributed by atoms with Crippen LogP contribution in [0.25, 0.3) is 16.6 Å². The van der Waals surface area contributed by atoms with Gasteiger partial charge in [-0.3, -0.25) is 37.8 Å². The topological polar surface area (TPSA) is 115 Å². The van der Waals surface area contributed by atoms with E-state index < -0.39 is 22.0 Å². The van der Waals surface area contributed by atoms with Crippen LogP contribution in [0.4, 0.5) is 22.0 Å². The van der Waals surface area contributed by atoms with Gasteiger partial charge in [-0.1, -0.05) is 29.4 Å². The van der Waals surface area contributed by atoms with Crippen LogP contribution in [0.15, 0.2) is 56.8 Å². The number of carbonyl (C=O) groups excluding carboxylic acids is 2. The molecule has 40 heavy (non-hydrogen) atoms. The molecule has 2 amide bonds. The molecule has 2 aromatic carbocycles. The molecule has 1 N–H and O–H groups in total. The number of anilines is 3. The molecule has 0 radical (unpaired) electrons. The van der Waals surface area contributed by atoms with Crippen molar-refractivity contribution in [2.24, 2.45) is 7.05 Å². The van der Waals surface area contributed by atoms with Gasteiger partial charge in [-0.25, -0.2) is 4.79 Å². The quantitative estimate of drug-likeness (QED) is 0.192. The third-order valence-electron chi connectivity index (χ3n) is 7.02. The Balaban J connectivity index is 2.02. The SMILES string of the molecule is Bc1cc(I)ccc1N(C(=O)SC)c1c2c(=O)n(C3CC3)c(=O)n(-c3cccc(NC=O)c3)c2c(C)c(=O)n1C. The van der Waals surface area contributed by atoms with Crippen molar-refractivity contribution >= 4 is 87.4 Å². The second kappa shape index (κ2) is 10.8. The summed E-state index contributed by atoms with van der Waals surface area (Å²) in [5, 5.41) is 2.27. The van der Waals surface area contributed by atoms with E-state index in [9.17, 15) is 24.0 Å². The molecule has 0 aliphatic heterocycles. The number of pyridine rings is 1. The van der Waals surface area contributed by atoms with E-state index >= 15 is 0 Å². The van der Waals surface area contributed by atoms with E-state index in [-0.39, 0.29) is 28.3 Å². The molecule has 4 aromatic rings. The van der Waals surface area contributed by atoms with E-state index in [0.29, 0.717) is 36.3 Å². The van der Waals surface area contributed by atoms with Gasteiger partial charge in [0, 0.05) is 33.6 Å². The van der Waals surface area contributed by atoms with E-state index in [1.165, 1.54) is 25.6 Å². The number of amides is 2. The largest absolute Gasteiger partial charge is 0.336 e. The minimum Gasteiger partial charge on any atom is -0.329 e. The first-order valence-electron chi connectivity index (χ1n) is 12.5. The summed E-state index contributed by atoms with van der Waals surface area (Å²) in [6, 6.07) is 11.9. The lowest BCUT2D eigenvalue weighted by Crippen LogP contribution is -2.42. The summed E-state index contributed by atoms with van der Waals surface area (Å²) in [4.78, 5) is 68.0. The van der Waals surface area contributed by atoms with Crippen LogP contribution < -0.4 is 32.5 Å². The Hall–Kier alpha value is -3.59. The summed E-state index contributed by atoms with van der Waals surface area (Å²) < 4.78 is 4.83. The molecular formula is C27H25BIN5O5S. The van der Waals surface area contributed by atoms with Gasteiger partial charge in [-0.05, 0) is 78.9 Å². The molecule has 1 aliphatic rings. The molecule has 2 aromatic heterocycles. The van der Waals surface area contributed by atoms with Gasteiger partial charge >= 0.3 is 5.69 Å². The number of aryl methyl sites for hydroxylation is 1. The summed E-state index contributed by atoms with van der Waals surface area (Å²) in [6.07, 6.45) is 3.49. The predicted octanol–water partition coefficient (Wildman–Crippen LogP) is 2.55. The Labute approximate surface area is 247 Å². The highest BCUT2D eigenvalue weighted by Crippen LogP contribution is 2.36. The Morgan fingerprint density at radius 3 is 2.50 bits per heavy atom. The van der Waals surface area contributed by atoms with Gasteiger partial charge in [0.15, 0.2) is 0 Å². The number of nitrogens with zero attached hydrogens (tertiary/aromatic N) is 4. The van der Waals surface area contributed by atoms with Crippen LogP contribution in [-0.4, -0.2) is 39.5 Å². The Morgan fingerprint density at radius 1 is 1.15 bits per heavy atom. The minimum absolute atomic E-state index is 0.0835. The number of hydrogen-bond acceptors (Lipinski definition) is 6. The lowest BCUT2D eigenvalue weighted by atomic mass is 9.93. The molecule has 1 saturated carbocycles. The second-order valence-electron chi connectivity index (χ2n) is 9.61. The average Bonchev–Trinajstić information content (AvgIpc) is 3.76. The van der Waals surface area contributed by atoms with Crippen molar-refractivity contribution < 1.29 is 9.59 Å². The monoisotopic (exact) mass is 669 g/mol. The molecule has 2 heterocycles. The summed E-state index contributed by atoms with van der Waals surface area (Å²) in [7, 11) is 3.38. The van der Waals surface area contributed by atoms with Gasteiger partial charge < -0.3 is 5.32 Å². The number of nitrogens with one attached hydrogen (secondary N) is 1. The highest BCUT2D eigenvalue weighted by atomic mass is 127. The lowest BCUT2D eigenvalue weighted by molar-refractivity contribution is -0.105. The zero-order valence-electron chi connectivity index (χ0n) is 22.2. The molecular weight excluding hydrogens is 644 g/mol. The predicted molar refractivity (Wildman–Crippen MR) is 170 cm³/mol. The Morgan fingerprint density at radius 2 is 1.88 bits per heavy atom. The van der Waals surface area contributed by atoms with Crippen molar-refractivity contribution in [3.05, 3.63) is 82.8 Å². The number of aromatic nitrogens is 3. The normalized spacial score (nSPS) is 12.9. The summed E-state index contributed by atoms with van der Waals surface area (Å²) in [5.74, 6) is 0.0876. The molecule has 0 unspecified atom stereocenters. The third-order valence-corrected chi connectivity index (χ3v) is 8.23. The first-order valence-corrected chi connectivity index (χ1v) is 14.8. The van der Waals surface area contributed by atoms with Crippen LogP contribution in [0, 0.1) is 10.5 Å². The van der Waals surface area contributed by atoms with Crippen molar-refractivity contribution in [3.63, 3.8) is 0 Å². The molecule has 0 saturated heterocycles. The molecule has 204 valence electrons. The highest BCUT2D eigenvalue weighted by molar-refractivity contribution is 14.1. The zero-order chi connectivity index (χ0) is 28.9. The third kappa shape index (κ3) is 4.60. The van der Waals surface area contributed by atoms with Gasteiger partial charge in [0.2, 0.25) is 6.41 Å². The first-order chi connectivity index (χ1) is 19.1. The van der Waals surface area contributed by atoms with Crippen molar-refractivity contribution in [1.29, 1.82) is 0 Å². The zero-order valence-corrected chi connectivity index (χ0v) is 25.2. The number of halogens is 1. The van der Waals surface area contributed by atoms with Crippen molar-refractivity contribution in [1.82, 2.24) is 13.7 Å². The van der Waals surface area contributed by atoms with E-state index in [4.69, 9.17) is 0 Å². The van der Waals surface area contributed by atoms with Crippen LogP contribution in [-0.2, 0) is 11.8 Å².